The van der Waals surface area contributed by atoms with Crippen molar-refractivity contribution in [3.63, 3.8) is 0 Å². The average molecular weight is 1320 g/mol. The molecule has 6 heterocycles. The standard InChI is InChI=1S/C93H55N7OS/c1-4-17-56(18-5-1)57-31-35-59(36-32-57)82-55-83(68-25-16-24-63(45-68)64-40-43-81-72(46-64)54-87-89(95-81)78-29-14-15-30-86(78)102-87)97-90(96-82)62-37-33-58(34-38-62)66-39-42-77-84(52-66)101-85-53-71-47-65(41-44-80(71)94-88(77)85)69-48-70(79-51-67-23-10-11-26-74(67)75-27-12-13-28-76(75)79)50-73(49-69)93-99-91(60-19-6-2-7-20-60)98-92(100-93)61-21-8-3-9-22-61/h1-55H. The number of nitrogens with zero attached hydrogens (tertiary/aromatic N) is 7. The maximum Gasteiger partial charge on any atom is 0.164 e. The second-order valence-corrected chi connectivity index (χ2v) is 27.1. The molecule has 102 heavy (non-hydrogen) atoms. The van der Waals surface area contributed by atoms with Crippen LogP contribution in [-0.4, -0.2) is 34.9 Å². The molecule has 6 aromatic heterocycles. The van der Waals surface area contributed by atoms with Crippen LogP contribution in [0.4, 0.5) is 0 Å². The Balaban J connectivity index is 0.647. The van der Waals surface area contributed by atoms with Crippen LogP contribution in [0.1, 0.15) is 0 Å². The third-order valence-electron chi connectivity index (χ3n) is 19.7. The molecular formula is C93H55N7OS. The first-order valence-corrected chi connectivity index (χ1v) is 34.9. The fourth-order valence-electron chi connectivity index (χ4n) is 14.5. The normalized spacial score (nSPS) is 11.7. The number of pyridine rings is 2. The molecule has 20 aromatic rings. The van der Waals surface area contributed by atoms with Crippen molar-refractivity contribution in [1.29, 1.82) is 0 Å². The summed E-state index contributed by atoms with van der Waals surface area (Å²) >= 11 is 1.79. The number of rotatable bonds is 11. The van der Waals surface area contributed by atoms with E-state index in [-0.39, 0.29) is 0 Å². The van der Waals surface area contributed by atoms with Crippen LogP contribution >= 0.6 is 11.3 Å². The number of hydrogen-bond donors (Lipinski definition) is 0. The lowest BCUT2D eigenvalue weighted by Crippen LogP contribution is -2.00. The second-order valence-electron chi connectivity index (χ2n) is 26.0. The van der Waals surface area contributed by atoms with E-state index in [1.165, 1.54) is 30.9 Å². The van der Waals surface area contributed by atoms with E-state index < -0.39 is 0 Å². The predicted molar refractivity (Wildman–Crippen MR) is 421 cm³/mol. The van der Waals surface area contributed by atoms with Crippen LogP contribution in [0.5, 0.6) is 0 Å². The number of thiophene rings is 1. The van der Waals surface area contributed by atoms with E-state index in [2.05, 4.69) is 267 Å². The van der Waals surface area contributed by atoms with Gasteiger partial charge in [0.1, 0.15) is 11.1 Å². The van der Waals surface area contributed by atoms with Crippen LogP contribution in [0, 0.1) is 0 Å². The predicted octanol–water partition coefficient (Wildman–Crippen LogP) is 24.7. The molecular weight excluding hydrogens is 1260 g/mol. The molecule has 0 fully saturated rings. The Morgan fingerprint density at radius 2 is 0.667 bits per heavy atom. The molecule has 0 amide bonds. The van der Waals surface area contributed by atoms with E-state index in [9.17, 15) is 0 Å². The first-order valence-electron chi connectivity index (χ1n) is 34.1. The van der Waals surface area contributed by atoms with Gasteiger partial charge < -0.3 is 4.42 Å². The summed E-state index contributed by atoms with van der Waals surface area (Å²) < 4.78 is 9.24. The zero-order valence-electron chi connectivity index (χ0n) is 54.7. The smallest absolute Gasteiger partial charge is 0.164 e. The zero-order valence-corrected chi connectivity index (χ0v) is 55.5. The van der Waals surface area contributed by atoms with Crippen molar-refractivity contribution < 1.29 is 4.42 Å². The van der Waals surface area contributed by atoms with Gasteiger partial charge in [0.25, 0.3) is 0 Å². The van der Waals surface area contributed by atoms with E-state index >= 15 is 0 Å². The number of aromatic nitrogens is 7. The van der Waals surface area contributed by atoms with Crippen LogP contribution in [0.2, 0.25) is 0 Å². The zero-order chi connectivity index (χ0) is 67.2. The van der Waals surface area contributed by atoms with Gasteiger partial charge >= 0.3 is 0 Å². The van der Waals surface area contributed by atoms with Gasteiger partial charge in [0.05, 0.1) is 32.6 Å². The summed E-state index contributed by atoms with van der Waals surface area (Å²) in [5, 5.41) is 8.95. The van der Waals surface area contributed by atoms with Crippen molar-refractivity contribution in [2.45, 2.75) is 0 Å². The molecule has 0 saturated heterocycles. The molecule has 0 atom stereocenters. The maximum atomic E-state index is 6.80. The quantitative estimate of drug-likeness (QED) is 0.118. The van der Waals surface area contributed by atoms with Gasteiger partial charge in [0.15, 0.2) is 28.9 Å². The first kappa shape index (κ1) is 58.7. The van der Waals surface area contributed by atoms with Crippen molar-refractivity contribution in [3.05, 3.63) is 334 Å². The fraction of sp³-hybridized carbons (Fsp3) is 0. The Bertz CT molecular complexity index is 6680. The maximum absolute atomic E-state index is 6.80. The molecule has 0 aliphatic carbocycles. The molecule has 9 heteroatoms. The summed E-state index contributed by atoms with van der Waals surface area (Å²) in [5.74, 6) is 2.42. The highest BCUT2D eigenvalue weighted by atomic mass is 32.1. The molecule has 8 nitrogen and oxygen atoms in total. The molecule has 20 rings (SSSR count). The van der Waals surface area contributed by atoms with Crippen LogP contribution in [-0.2, 0) is 0 Å². The van der Waals surface area contributed by atoms with Crippen LogP contribution in [0.25, 0.3) is 209 Å². The number of hydrogen-bond acceptors (Lipinski definition) is 9. The summed E-state index contributed by atoms with van der Waals surface area (Å²) in [5.41, 5.74) is 23.2. The Morgan fingerprint density at radius 3 is 1.39 bits per heavy atom. The van der Waals surface area contributed by atoms with Gasteiger partial charge in [-0.25, -0.2) is 34.9 Å². The minimum Gasteiger partial charge on any atom is -0.454 e. The van der Waals surface area contributed by atoms with Crippen molar-refractivity contribution in [2.75, 3.05) is 0 Å². The minimum absolute atomic E-state index is 0.579. The minimum atomic E-state index is 0.579. The van der Waals surface area contributed by atoms with Crippen molar-refractivity contribution in [2.24, 2.45) is 0 Å². The summed E-state index contributed by atoms with van der Waals surface area (Å²) in [7, 11) is 0. The highest BCUT2D eigenvalue weighted by Crippen LogP contribution is 2.43. The Morgan fingerprint density at radius 1 is 0.206 bits per heavy atom. The fourth-order valence-corrected chi connectivity index (χ4v) is 15.6. The second kappa shape index (κ2) is 24.2. The molecule has 0 spiro atoms. The van der Waals surface area contributed by atoms with E-state index in [4.69, 9.17) is 39.3 Å². The van der Waals surface area contributed by atoms with Gasteiger partial charge in [-0.2, -0.15) is 0 Å². The molecule has 0 bridgehead atoms. The van der Waals surface area contributed by atoms with Gasteiger partial charge in [0.2, 0.25) is 0 Å². The van der Waals surface area contributed by atoms with Crippen molar-refractivity contribution in [3.8, 4) is 124 Å². The first-order chi connectivity index (χ1) is 50.4. The number of fused-ring (bicyclic) bond motifs is 11. The Hall–Kier alpha value is -13.5. The molecule has 0 saturated carbocycles. The lowest BCUT2D eigenvalue weighted by atomic mass is 9.90. The molecule has 0 N–H and O–H groups in total. The molecule has 0 aliphatic rings. The third-order valence-corrected chi connectivity index (χ3v) is 20.8. The van der Waals surface area contributed by atoms with Crippen LogP contribution in [0.15, 0.2) is 338 Å². The van der Waals surface area contributed by atoms with Gasteiger partial charge in [-0.1, -0.05) is 243 Å². The van der Waals surface area contributed by atoms with Crippen molar-refractivity contribution in [1.82, 2.24) is 34.9 Å². The summed E-state index contributed by atoms with van der Waals surface area (Å²) in [4.78, 5) is 36.6. The van der Waals surface area contributed by atoms with Gasteiger partial charge in [0, 0.05) is 59.6 Å². The van der Waals surface area contributed by atoms with E-state index in [1.807, 2.05) is 66.7 Å². The van der Waals surface area contributed by atoms with Gasteiger partial charge in [-0.3, -0.25) is 0 Å². The van der Waals surface area contributed by atoms with Crippen LogP contribution in [0.3, 0.4) is 0 Å². The van der Waals surface area contributed by atoms with Crippen LogP contribution < -0.4 is 0 Å². The molecule has 14 aromatic carbocycles. The highest BCUT2D eigenvalue weighted by Gasteiger charge is 2.20. The van der Waals surface area contributed by atoms with E-state index in [0.717, 1.165) is 150 Å². The van der Waals surface area contributed by atoms with E-state index in [1.54, 1.807) is 11.3 Å². The third kappa shape index (κ3) is 10.6. The molecule has 0 radical (unpaired) electrons. The Kier molecular flexibility index (Phi) is 13.9. The summed E-state index contributed by atoms with van der Waals surface area (Å²) in [6.07, 6.45) is 0. The summed E-state index contributed by atoms with van der Waals surface area (Å²) in [6, 6.07) is 117. The van der Waals surface area contributed by atoms with Gasteiger partial charge in [-0.15, -0.1) is 11.3 Å². The lowest BCUT2D eigenvalue weighted by Gasteiger charge is -2.15. The lowest BCUT2D eigenvalue weighted by molar-refractivity contribution is 0.669. The van der Waals surface area contributed by atoms with E-state index in [0.29, 0.717) is 28.9 Å². The Labute approximate surface area is 589 Å². The number of benzene rings is 14. The highest BCUT2D eigenvalue weighted by molar-refractivity contribution is 7.25. The SMILES string of the molecule is c1ccc(-c2ccc(-c3cc(-c4cccc(-c5ccc6nc7c(cc6c5)sc5ccccc57)c4)nc(-c4ccc(-c5ccc6c(c5)oc5cc7cc(-c8cc(-c9nc(-c%10ccccc%10)nc(-c%10ccccc%10)n9)cc(-c9cc%10ccccc%10c%10ccccc9%10)c8)ccc7nc56)cc4)n3)cc2)cc1. The average Bonchev–Trinajstić information content (AvgIpc) is 1.74. The molecule has 0 unspecified atom stereocenters. The molecule has 474 valence electrons. The monoisotopic (exact) mass is 1320 g/mol. The molecule has 0 aliphatic heterocycles. The summed E-state index contributed by atoms with van der Waals surface area (Å²) in [6.45, 7) is 0. The number of furan rings is 1. The largest absolute Gasteiger partial charge is 0.454 e. The van der Waals surface area contributed by atoms with Gasteiger partial charge in [-0.05, 0) is 168 Å². The topological polar surface area (TPSA) is 103 Å². The van der Waals surface area contributed by atoms with Crippen molar-refractivity contribution >= 4 is 97.1 Å².